The predicted molar refractivity (Wildman–Crippen MR) is 77.6 cm³/mol. The van der Waals surface area contributed by atoms with Gasteiger partial charge in [0.25, 0.3) is 5.92 Å². The first kappa shape index (κ1) is 13.7. The van der Waals surface area contributed by atoms with Gasteiger partial charge in [-0.3, -0.25) is 4.79 Å². The van der Waals surface area contributed by atoms with Crippen molar-refractivity contribution in [2.45, 2.75) is 31.7 Å². The molecule has 1 unspecified atom stereocenters. The fraction of sp³-hybridized carbons (Fsp3) is 0.500. The maximum absolute atomic E-state index is 13.6. The molecule has 1 aliphatic carbocycles. The Kier molecular flexibility index (Phi) is 2.65. The largest absolute Gasteiger partial charge is 0.339 e. The van der Waals surface area contributed by atoms with E-state index < -0.39 is 17.4 Å². The second-order valence-electron chi connectivity index (χ2n) is 6.50. The zero-order chi connectivity index (χ0) is 15.5. The van der Waals surface area contributed by atoms with Crippen LogP contribution in [0.4, 0.5) is 8.78 Å². The highest BCUT2D eigenvalue weighted by molar-refractivity contribution is 5.84. The molecule has 1 spiro atoms. The molecule has 22 heavy (non-hydrogen) atoms. The zero-order valence-corrected chi connectivity index (χ0v) is 12.3. The van der Waals surface area contributed by atoms with E-state index in [1.807, 2.05) is 28.8 Å². The van der Waals surface area contributed by atoms with Gasteiger partial charge in [-0.15, -0.1) is 0 Å². The van der Waals surface area contributed by atoms with Crippen molar-refractivity contribution in [1.29, 1.82) is 0 Å². The van der Waals surface area contributed by atoms with Gasteiger partial charge in [0, 0.05) is 19.5 Å². The highest BCUT2D eigenvalue weighted by Crippen LogP contribution is 2.59. The number of imidazole rings is 1. The van der Waals surface area contributed by atoms with Crippen molar-refractivity contribution < 1.29 is 13.6 Å². The van der Waals surface area contributed by atoms with Crippen molar-refractivity contribution >= 4 is 16.9 Å². The molecule has 2 aliphatic rings. The maximum Gasteiger partial charge on any atom is 0.257 e. The minimum absolute atomic E-state index is 0.0449. The lowest BCUT2D eigenvalue weighted by atomic mass is 9.60. The summed E-state index contributed by atoms with van der Waals surface area (Å²) in [5, 5.41) is 0. The van der Waals surface area contributed by atoms with E-state index in [2.05, 4.69) is 4.98 Å². The number of hydrogen-bond acceptors (Lipinski definition) is 2. The summed E-state index contributed by atoms with van der Waals surface area (Å²) in [7, 11) is 0. The van der Waals surface area contributed by atoms with Gasteiger partial charge in [0.05, 0.1) is 22.8 Å². The molecule has 2 fully saturated rings. The van der Waals surface area contributed by atoms with Crippen LogP contribution in [0, 0.1) is 5.41 Å². The number of fused-ring (bicyclic) bond motifs is 1. The quantitative estimate of drug-likeness (QED) is 0.855. The predicted octanol–water partition coefficient (Wildman–Crippen LogP) is 2.86. The number of carbonyl (C=O) groups is 1. The summed E-state index contributed by atoms with van der Waals surface area (Å²) in [4.78, 5) is 18.4. The van der Waals surface area contributed by atoms with Gasteiger partial charge in [0.15, 0.2) is 0 Å². The summed E-state index contributed by atoms with van der Waals surface area (Å²) in [6.45, 7) is 2.14. The number of amides is 1. The van der Waals surface area contributed by atoms with Gasteiger partial charge >= 0.3 is 0 Å². The topological polar surface area (TPSA) is 38.1 Å². The number of para-hydroxylation sites is 2. The monoisotopic (exact) mass is 305 g/mol. The number of hydrogen-bond donors (Lipinski definition) is 0. The van der Waals surface area contributed by atoms with Crippen LogP contribution in [0.25, 0.3) is 11.0 Å². The lowest BCUT2D eigenvalue weighted by Crippen LogP contribution is -2.71. The third-order valence-electron chi connectivity index (χ3n) is 5.25. The first-order valence-corrected chi connectivity index (χ1v) is 7.52. The van der Waals surface area contributed by atoms with Crippen LogP contribution in [0.3, 0.4) is 0 Å². The first-order chi connectivity index (χ1) is 10.4. The fourth-order valence-corrected chi connectivity index (χ4v) is 3.57. The highest BCUT2D eigenvalue weighted by atomic mass is 19.3. The lowest BCUT2D eigenvalue weighted by Gasteiger charge is -2.60. The minimum Gasteiger partial charge on any atom is -0.339 e. The van der Waals surface area contributed by atoms with Crippen molar-refractivity contribution in [3.8, 4) is 0 Å². The summed E-state index contributed by atoms with van der Waals surface area (Å²) in [5.41, 5.74) is 0.764. The summed E-state index contributed by atoms with van der Waals surface area (Å²) in [5.74, 6) is -2.72. The Balaban J connectivity index is 1.52. The molecular formula is C16H17F2N3O. The molecule has 0 bridgehead atoms. The van der Waals surface area contributed by atoms with Gasteiger partial charge < -0.3 is 9.47 Å². The molecule has 2 aromatic rings. The van der Waals surface area contributed by atoms with Crippen LogP contribution in [0.15, 0.2) is 30.6 Å². The highest BCUT2D eigenvalue weighted by Gasteiger charge is 2.67. The molecule has 4 rings (SSSR count). The van der Waals surface area contributed by atoms with Crippen molar-refractivity contribution in [3.63, 3.8) is 0 Å². The van der Waals surface area contributed by atoms with E-state index in [0.29, 0.717) is 6.42 Å². The first-order valence-electron chi connectivity index (χ1n) is 7.52. The van der Waals surface area contributed by atoms with Crippen molar-refractivity contribution in [2.24, 2.45) is 5.41 Å². The van der Waals surface area contributed by atoms with E-state index in [9.17, 15) is 13.6 Å². The Labute approximate surface area is 126 Å². The molecule has 1 saturated carbocycles. The summed E-state index contributed by atoms with van der Waals surface area (Å²) < 4.78 is 29.0. The summed E-state index contributed by atoms with van der Waals surface area (Å²) in [6, 6.07) is 7.15. The number of carbonyl (C=O) groups excluding carboxylic acids is 1. The van der Waals surface area contributed by atoms with E-state index in [-0.39, 0.29) is 25.4 Å². The van der Waals surface area contributed by atoms with Gasteiger partial charge in [-0.1, -0.05) is 12.1 Å². The van der Waals surface area contributed by atoms with Crippen molar-refractivity contribution in [2.75, 3.05) is 13.1 Å². The van der Waals surface area contributed by atoms with Crippen molar-refractivity contribution in [3.05, 3.63) is 30.6 Å². The zero-order valence-electron chi connectivity index (χ0n) is 12.3. The average molecular weight is 305 g/mol. The molecule has 0 radical (unpaired) electrons. The van der Waals surface area contributed by atoms with E-state index in [1.165, 1.54) is 0 Å². The molecule has 1 aliphatic heterocycles. The Hall–Kier alpha value is -1.98. The number of likely N-dealkylation sites (tertiary alicyclic amines) is 1. The number of alkyl halides is 2. The molecule has 1 atom stereocenters. The smallest absolute Gasteiger partial charge is 0.257 e. The van der Waals surface area contributed by atoms with E-state index in [1.54, 1.807) is 18.2 Å². The molecule has 1 saturated heterocycles. The number of halogens is 2. The minimum atomic E-state index is -2.60. The van der Waals surface area contributed by atoms with Crippen LogP contribution in [-0.2, 0) is 4.79 Å². The standard InChI is InChI=1S/C16H17F2N3O/c1-11(21-10-19-12-4-2-3-5-13(12)21)14(22)20-8-15(9-20)6-7-16(15,17)18/h2-5,10-11H,6-9H2,1H3. The van der Waals surface area contributed by atoms with Gasteiger partial charge in [0.1, 0.15) is 6.04 Å². The van der Waals surface area contributed by atoms with E-state index >= 15 is 0 Å². The molecule has 1 aromatic carbocycles. The number of nitrogens with zero attached hydrogens (tertiary/aromatic N) is 3. The number of rotatable bonds is 2. The van der Waals surface area contributed by atoms with Crippen LogP contribution in [0.5, 0.6) is 0 Å². The molecule has 2 heterocycles. The molecule has 116 valence electrons. The second-order valence-corrected chi connectivity index (χ2v) is 6.50. The van der Waals surface area contributed by atoms with Crippen LogP contribution in [0.1, 0.15) is 25.8 Å². The van der Waals surface area contributed by atoms with E-state index in [4.69, 9.17) is 0 Å². The fourth-order valence-electron chi connectivity index (χ4n) is 3.57. The van der Waals surface area contributed by atoms with Gasteiger partial charge in [0.2, 0.25) is 5.91 Å². The molecule has 6 heteroatoms. The third-order valence-corrected chi connectivity index (χ3v) is 5.25. The molecule has 0 N–H and O–H groups in total. The molecular weight excluding hydrogens is 288 g/mol. The Morgan fingerprint density at radius 2 is 2.00 bits per heavy atom. The number of aromatic nitrogens is 2. The Morgan fingerprint density at radius 3 is 2.64 bits per heavy atom. The number of benzene rings is 1. The normalized spacial score (nSPS) is 23.1. The van der Waals surface area contributed by atoms with Crippen LogP contribution in [-0.4, -0.2) is 39.4 Å². The maximum atomic E-state index is 13.6. The summed E-state index contributed by atoms with van der Waals surface area (Å²) in [6.07, 6.45) is 2.11. The van der Waals surface area contributed by atoms with Crippen LogP contribution in [0.2, 0.25) is 0 Å². The lowest BCUT2D eigenvalue weighted by molar-refractivity contribution is -0.255. The van der Waals surface area contributed by atoms with Crippen LogP contribution < -0.4 is 0 Å². The molecule has 1 amide bonds. The second kappa shape index (κ2) is 4.27. The SMILES string of the molecule is CC(C(=O)N1CC2(CCC2(F)F)C1)n1cnc2ccccc21. The van der Waals surface area contributed by atoms with Gasteiger partial charge in [-0.25, -0.2) is 13.8 Å². The van der Waals surface area contributed by atoms with Crippen LogP contribution >= 0.6 is 0 Å². The average Bonchev–Trinajstić information content (AvgIpc) is 2.88. The summed E-state index contributed by atoms with van der Waals surface area (Å²) >= 11 is 0. The van der Waals surface area contributed by atoms with Gasteiger partial charge in [-0.2, -0.15) is 0 Å². The molecule has 4 nitrogen and oxygen atoms in total. The van der Waals surface area contributed by atoms with E-state index in [0.717, 1.165) is 11.0 Å². The Bertz CT molecular complexity index is 749. The molecule has 1 aromatic heterocycles. The van der Waals surface area contributed by atoms with Crippen molar-refractivity contribution in [1.82, 2.24) is 14.5 Å². The third kappa shape index (κ3) is 1.66. The van der Waals surface area contributed by atoms with Gasteiger partial charge in [-0.05, 0) is 25.5 Å². The Morgan fingerprint density at radius 1 is 1.27 bits per heavy atom.